The van der Waals surface area contributed by atoms with E-state index in [4.69, 9.17) is 24.5 Å². The van der Waals surface area contributed by atoms with Crippen LogP contribution in [0, 0.1) is 12.7 Å². The fraction of sp³-hybridized carbons (Fsp3) is 0.500. The lowest BCUT2D eigenvalue weighted by Crippen LogP contribution is -2.58. The first-order valence-electron chi connectivity index (χ1n) is 13.9. The molecule has 41 heavy (non-hydrogen) atoms. The molecule has 4 rings (SSSR count). The topological polar surface area (TPSA) is 140 Å². The van der Waals surface area contributed by atoms with Crippen LogP contribution in [0.5, 0.6) is 5.75 Å². The molecule has 0 aliphatic carbocycles. The molecule has 10 nitrogen and oxygen atoms in total. The van der Waals surface area contributed by atoms with E-state index in [2.05, 4.69) is 10.2 Å². The third-order valence-corrected chi connectivity index (χ3v) is 7.69. The molecule has 2 aliphatic heterocycles. The number of hydrogen-bond donors (Lipinski definition) is 4. The van der Waals surface area contributed by atoms with E-state index in [1.807, 2.05) is 31.2 Å². The van der Waals surface area contributed by atoms with Gasteiger partial charge < -0.3 is 25.4 Å². The Kier molecular flexibility index (Phi) is 11.9. The van der Waals surface area contributed by atoms with Crippen LogP contribution in [0.4, 0.5) is 14.9 Å². The van der Waals surface area contributed by atoms with Crippen LogP contribution in [-0.4, -0.2) is 76.6 Å². The first kappa shape index (κ1) is 31.8. The largest absolute Gasteiger partial charge is 0.495 e. The summed E-state index contributed by atoms with van der Waals surface area (Å²) in [6.07, 6.45) is 6.45. The summed E-state index contributed by atoms with van der Waals surface area (Å²) >= 11 is 0. The van der Waals surface area contributed by atoms with Crippen molar-refractivity contribution in [3.63, 3.8) is 0 Å². The minimum absolute atomic E-state index is 0.0392. The first-order chi connectivity index (χ1) is 19.6. The summed E-state index contributed by atoms with van der Waals surface area (Å²) in [5, 5.41) is 28.4. The summed E-state index contributed by atoms with van der Waals surface area (Å²) < 4.78 is 18.8. The van der Waals surface area contributed by atoms with Crippen LogP contribution in [0.2, 0.25) is 0 Å². The second-order valence-corrected chi connectivity index (χ2v) is 10.6. The van der Waals surface area contributed by atoms with Crippen molar-refractivity contribution in [1.82, 2.24) is 10.2 Å². The number of nitrogens with zero attached hydrogens (tertiary/aromatic N) is 2. The van der Waals surface area contributed by atoms with Gasteiger partial charge in [0.1, 0.15) is 11.6 Å². The molecule has 224 valence electrons. The third kappa shape index (κ3) is 9.15. The Bertz CT molecular complexity index is 1170. The zero-order valence-electron chi connectivity index (χ0n) is 23.6. The van der Waals surface area contributed by atoms with Gasteiger partial charge in [-0.2, -0.15) is 0 Å². The zero-order valence-corrected chi connectivity index (χ0v) is 23.6. The van der Waals surface area contributed by atoms with Crippen LogP contribution >= 0.6 is 0 Å². The number of carboxylic acid groups (broad SMARTS) is 3. The Hall–Kier alpha value is -3.70. The van der Waals surface area contributed by atoms with Crippen LogP contribution < -0.4 is 15.0 Å². The molecule has 2 aliphatic rings. The van der Waals surface area contributed by atoms with Crippen LogP contribution in [0.15, 0.2) is 42.5 Å². The number of benzene rings is 2. The molecule has 2 saturated heterocycles. The number of aryl methyl sites for hydroxylation is 1. The number of carbonyl (C=O) groups is 3. The van der Waals surface area contributed by atoms with Gasteiger partial charge >= 0.3 is 18.0 Å². The van der Waals surface area contributed by atoms with E-state index in [1.165, 1.54) is 12.5 Å². The van der Waals surface area contributed by atoms with Gasteiger partial charge in [0.05, 0.1) is 12.8 Å². The summed E-state index contributed by atoms with van der Waals surface area (Å²) in [5.41, 5.74) is 2.64. The molecule has 2 aromatic rings. The van der Waals surface area contributed by atoms with E-state index in [9.17, 15) is 14.3 Å². The number of aliphatic carboxylic acids is 2. The number of hydrogen-bond acceptors (Lipinski definition) is 6. The second kappa shape index (κ2) is 15.3. The lowest BCUT2D eigenvalue weighted by molar-refractivity contribution is -0.159. The minimum Gasteiger partial charge on any atom is -0.495 e. The SMILES string of the molecule is COc1ccc(C)cc1N(C(=O)O)C1CC2CCCC(C1)N2CCCCNCc1cccc(F)c1.O=C(O)C(=O)O. The van der Waals surface area contributed by atoms with Gasteiger partial charge in [0, 0.05) is 24.7 Å². The van der Waals surface area contributed by atoms with Crippen LogP contribution in [0.25, 0.3) is 0 Å². The summed E-state index contributed by atoms with van der Waals surface area (Å²) in [6, 6.07) is 13.3. The molecule has 2 aromatic carbocycles. The van der Waals surface area contributed by atoms with E-state index in [0.717, 1.165) is 62.7 Å². The molecule has 2 heterocycles. The van der Waals surface area contributed by atoms with Gasteiger partial charge in [0.2, 0.25) is 0 Å². The number of piperidine rings is 2. The van der Waals surface area contributed by atoms with Crippen molar-refractivity contribution in [1.29, 1.82) is 0 Å². The molecule has 11 heteroatoms. The van der Waals surface area contributed by atoms with Gasteiger partial charge in [-0.15, -0.1) is 0 Å². The van der Waals surface area contributed by atoms with Crippen molar-refractivity contribution in [2.75, 3.05) is 25.1 Å². The maximum atomic E-state index is 13.3. The molecule has 1 amide bonds. The molecule has 0 spiro atoms. The molecule has 0 aromatic heterocycles. The number of fused-ring (bicyclic) bond motifs is 2. The number of anilines is 1. The average molecular weight is 574 g/mol. The standard InChI is InChI=1S/C28H38FN3O3.C2H2O4/c1-20-11-12-27(35-2)26(15-20)32(28(33)34)25-17-23-9-6-10-24(18-25)31(23)14-4-3-13-30-19-21-7-5-8-22(29)16-21;3-1(4)2(5)6/h5,7-8,11-12,15-16,23-25,30H,3-4,6,9-10,13-14,17-19H2,1-2H3,(H,33,34);(H,3,4)(H,5,6). The summed E-state index contributed by atoms with van der Waals surface area (Å²) in [4.78, 5) is 34.8. The molecule has 2 unspecified atom stereocenters. The number of rotatable bonds is 10. The predicted molar refractivity (Wildman–Crippen MR) is 152 cm³/mol. The number of carboxylic acids is 2. The highest BCUT2D eigenvalue weighted by molar-refractivity contribution is 6.27. The Morgan fingerprint density at radius 1 is 1.02 bits per heavy atom. The number of nitrogens with one attached hydrogen (secondary N) is 1. The second-order valence-electron chi connectivity index (χ2n) is 10.6. The smallest absolute Gasteiger partial charge is 0.414 e. The van der Waals surface area contributed by atoms with E-state index in [1.54, 1.807) is 24.1 Å². The Morgan fingerprint density at radius 3 is 2.29 bits per heavy atom. The van der Waals surface area contributed by atoms with Gasteiger partial charge in [-0.05, 0) is 93.9 Å². The van der Waals surface area contributed by atoms with Crippen LogP contribution in [0.1, 0.15) is 56.1 Å². The van der Waals surface area contributed by atoms with Gasteiger partial charge in [0.25, 0.3) is 0 Å². The maximum absolute atomic E-state index is 13.3. The highest BCUT2D eigenvalue weighted by Gasteiger charge is 2.42. The molecule has 2 bridgehead atoms. The van der Waals surface area contributed by atoms with Crippen molar-refractivity contribution in [2.45, 2.75) is 76.5 Å². The van der Waals surface area contributed by atoms with Crippen molar-refractivity contribution >= 4 is 23.7 Å². The Labute approximate surface area is 239 Å². The lowest BCUT2D eigenvalue weighted by Gasteiger charge is -2.50. The summed E-state index contributed by atoms with van der Waals surface area (Å²) in [6.45, 7) is 4.61. The highest BCUT2D eigenvalue weighted by atomic mass is 19.1. The van der Waals surface area contributed by atoms with E-state index < -0.39 is 18.0 Å². The molecular formula is C30H40FN3O7. The maximum Gasteiger partial charge on any atom is 0.414 e. The van der Waals surface area contributed by atoms with Crippen molar-refractivity contribution in [2.24, 2.45) is 0 Å². The van der Waals surface area contributed by atoms with Gasteiger partial charge in [-0.25, -0.2) is 18.8 Å². The predicted octanol–water partition coefficient (Wildman–Crippen LogP) is 4.74. The van der Waals surface area contributed by atoms with E-state index in [0.29, 0.717) is 30.1 Å². The number of halogens is 1. The Balaban J connectivity index is 0.000000696. The first-order valence-corrected chi connectivity index (χ1v) is 13.9. The number of methoxy groups -OCH3 is 1. The third-order valence-electron chi connectivity index (χ3n) is 7.69. The van der Waals surface area contributed by atoms with E-state index >= 15 is 0 Å². The fourth-order valence-corrected chi connectivity index (χ4v) is 5.89. The molecule has 2 fully saturated rings. The van der Waals surface area contributed by atoms with Crippen molar-refractivity contribution in [3.05, 3.63) is 59.4 Å². The quantitative estimate of drug-likeness (QED) is 0.234. The summed E-state index contributed by atoms with van der Waals surface area (Å²) in [7, 11) is 1.60. The van der Waals surface area contributed by atoms with Gasteiger partial charge in [-0.3, -0.25) is 9.80 Å². The monoisotopic (exact) mass is 573 g/mol. The lowest BCUT2D eigenvalue weighted by atomic mass is 9.81. The highest BCUT2D eigenvalue weighted by Crippen LogP contribution is 2.40. The van der Waals surface area contributed by atoms with Crippen molar-refractivity contribution in [3.8, 4) is 5.75 Å². The zero-order chi connectivity index (χ0) is 29.9. The summed E-state index contributed by atoms with van der Waals surface area (Å²) in [5.74, 6) is -3.23. The number of amides is 1. The fourth-order valence-electron chi connectivity index (χ4n) is 5.89. The van der Waals surface area contributed by atoms with E-state index in [-0.39, 0.29) is 11.9 Å². The normalized spacial score (nSPS) is 19.9. The van der Waals surface area contributed by atoms with Crippen molar-refractivity contribution < 1.29 is 38.8 Å². The molecule has 0 radical (unpaired) electrons. The van der Waals surface area contributed by atoms with Crippen LogP contribution in [-0.2, 0) is 16.1 Å². The molecule has 4 N–H and O–H groups in total. The number of ether oxygens (including phenoxy) is 1. The van der Waals surface area contributed by atoms with Gasteiger partial charge in [-0.1, -0.05) is 24.6 Å². The molecule has 2 atom stereocenters. The number of unbranched alkanes of at least 4 members (excludes halogenated alkanes) is 1. The molecular weight excluding hydrogens is 533 g/mol. The van der Waals surface area contributed by atoms with Gasteiger partial charge in [0.15, 0.2) is 0 Å². The average Bonchev–Trinajstić information content (AvgIpc) is 2.91. The molecule has 0 saturated carbocycles. The van der Waals surface area contributed by atoms with Crippen LogP contribution in [0.3, 0.4) is 0 Å². The minimum atomic E-state index is -1.82. The Morgan fingerprint density at radius 2 is 1.71 bits per heavy atom.